The first-order valence-electron chi connectivity index (χ1n) is 4.43. The van der Waals surface area contributed by atoms with Crippen LogP contribution in [-0.2, 0) is 0 Å². The van der Waals surface area contributed by atoms with Crippen molar-refractivity contribution < 1.29 is 0 Å². The maximum absolute atomic E-state index is 6.08. The minimum absolute atomic E-state index is 0.581. The van der Waals surface area contributed by atoms with E-state index in [2.05, 4.69) is 0 Å². The molecule has 0 amide bonds. The van der Waals surface area contributed by atoms with E-state index in [1.807, 2.05) is 36.8 Å². The van der Waals surface area contributed by atoms with Crippen LogP contribution in [0.4, 0.5) is 0 Å². The summed E-state index contributed by atoms with van der Waals surface area (Å²) in [6.07, 6.45) is 3.63. The zero-order valence-electron chi connectivity index (χ0n) is 7.85. The van der Waals surface area contributed by atoms with Crippen molar-refractivity contribution >= 4 is 64.1 Å². The number of hydrogen-bond donors (Lipinski definition) is 0. The number of hydrogen-bond acceptors (Lipinski definition) is 0. The summed E-state index contributed by atoms with van der Waals surface area (Å²) in [5.41, 5.74) is 2.60. The van der Waals surface area contributed by atoms with Crippen molar-refractivity contribution in [2.75, 3.05) is 0 Å². The summed E-state index contributed by atoms with van der Waals surface area (Å²) in [7, 11) is 0. The van der Waals surface area contributed by atoms with Crippen LogP contribution in [0.3, 0.4) is 0 Å². The summed E-state index contributed by atoms with van der Waals surface area (Å²) < 4.78 is -3.34. The van der Waals surface area contributed by atoms with Gasteiger partial charge in [-0.2, -0.15) is 0 Å². The summed E-state index contributed by atoms with van der Waals surface area (Å²) in [4.78, 5) is 0. The summed E-state index contributed by atoms with van der Waals surface area (Å²) in [6, 6.07) is 7.74. The van der Waals surface area contributed by atoms with Gasteiger partial charge in [-0.1, -0.05) is 88.3 Å². The second-order valence-corrected chi connectivity index (χ2v) is 7.05. The number of rotatable bonds is 1. The Hall–Kier alpha value is 0.410. The van der Waals surface area contributed by atoms with Gasteiger partial charge in [0.2, 0.25) is 3.79 Å². The smallest absolute Gasteiger partial charge is 0.0918 e. The molecule has 0 nitrogen and oxygen atoms in total. The summed E-state index contributed by atoms with van der Waals surface area (Å²) >= 11 is 29.4. The molecule has 0 spiro atoms. The Morgan fingerprint density at radius 2 is 1.38 bits per heavy atom. The molecule has 0 saturated carbocycles. The van der Waals surface area contributed by atoms with Gasteiger partial charge >= 0.3 is 0 Å². The zero-order chi connectivity index (χ0) is 12.0. The molecule has 5 heteroatoms. The predicted octanol–water partition coefficient (Wildman–Crippen LogP) is 5.18. The first-order chi connectivity index (χ1) is 7.32. The molecule has 0 atom stereocenters. The van der Waals surface area contributed by atoms with Crippen LogP contribution in [0.5, 0.6) is 0 Å². The Kier molecular flexibility index (Phi) is 3.42. The van der Waals surface area contributed by atoms with Crippen molar-refractivity contribution in [3.8, 4) is 0 Å². The van der Waals surface area contributed by atoms with Crippen LogP contribution in [0.25, 0.3) is 6.08 Å². The fraction of sp³-hybridized carbons (Fsp3) is 0.182. The lowest BCUT2D eigenvalue weighted by Gasteiger charge is -2.28. The monoisotopic (exact) mass is 313 g/mol. The number of fused-ring (bicyclic) bond motifs is 1. The molecular weight excluding hydrogens is 309 g/mol. The van der Waals surface area contributed by atoms with Crippen LogP contribution in [0.2, 0.25) is 0 Å². The van der Waals surface area contributed by atoms with Crippen LogP contribution >= 0.6 is 58.0 Å². The molecule has 2 rings (SSSR count). The fourth-order valence-corrected chi connectivity index (χ4v) is 2.04. The molecule has 1 aliphatic rings. The van der Waals surface area contributed by atoms with E-state index in [1.54, 1.807) is 0 Å². The van der Waals surface area contributed by atoms with Crippen molar-refractivity contribution in [2.24, 2.45) is 0 Å². The van der Waals surface area contributed by atoms with Crippen molar-refractivity contribution in [3.63, 3.8) is 0 Å². The van der Waals surface area contributed by atoms with E-state index in [0.717, 1.165) is 11.1 Å². The molecule has 0 saturated heterocycles. The Morgan fingerprint density at radius 3 is 1.88 bits per heavy atom. The van der Waals surface area contributed by atoms with E-state index in [9.17, 15) is 0 Å². The van der Waals surface area contributed by atoms with Crippen LogP contribution in [0.1, 0.15) is 11.1 Å². The highest BCUT2D eigenvalue weighted by molar-refractivity contribution is 6.76. The molecule has 85 valence electrons. The molecule has 1 aliphatic carbocycles. The van der Waals surface area contributed by atoms with Crippen molar-refractivity contribution in [1.82, 2.24) is 0 Å². The average Bonchev–Trinajstić information content (AvgIpc) is 2.59. The third-order valence-corrected chi connectivity index (χ3v) is 4.77. The predicted molar refractivity (Wildman–Crippen MR) is 72.5 cm³/mol. The van der Waals surface area contributed by atoms with Gasteiger partial charge in [0, 0.05) is 6.42 Å². The number of allylic oxidation sites excluding steroid dienone is 1. The number of alkyl halides is 5. The molecule has 0 fully saturated rings. The van der Waals surface area contributed by atoms with Crippen LogP contribution < -0.4 is 0 Å². The molecule has 0 aliphatic heterocycles. The maximum atomic E-state index is 6.08. The maximum Gasteiger partial charge on any atom is 0.226 e. The first kappa shape index (κ1) is 12.9. The number of benzene rings is 1. The van der Waals surface area contributed by atoms with Gasteiger partial charge < -0.3 is 0 Å². The molecule has 0 aromatic heterocycles. The lowest BCUT2D eigenvalue weighted by molar-refractivity contribution is 0.944. The highest BCUT2D eigenvalue weighted by Gasteiger charge is 2.49. The lowest BCUT2D eigenvalue weighted by atomic mass is 10.1. The van der Waals surface area contributed by atoms with Gasteiger partial charge in [0.15, 0.2) is 4.33 Å². The average molecular weight is 315 g/mol. The molecule has 0 bridgehead atoms. The zero-order valence-corrected chi connectivity index (χ0v) is 11.6. The largest absolute Gasteiger partial charge is 0.226 e. The summed E-state index contributed by atoms with van der Waals surface area (Å²) in [5.74, 6) is 0. The highest BCUT2D eigenvalue weighted by Crippen LogP contribution is 2.53. The minimum Gasteiger partial charge on any atom is -0.0918 e. The third kappa shape index (κ3) is 2.19. The molecule has 0 N–H and O–H groups in total. The first-order valence-corrected chi connectivity index (χ1v) is 6.32. The van der Waals surface area contributed by atoms with E-state index in [1.165, 1.54) is 0 Å². The van der Waals surface area contributed by atoms with Gasteiger partial charge in [0.05, 0.1) is 0 Å². The molecular formula is C11H6Cl5. The normalized spacial score (nSPS) is 15.9. The fourth-order valence-electron chi connectivity index (χ4n) is 1.50. The summed E-state index contributed by atoms with van der Waals surface area (Å²) in [6.45, 7) is 0. The molecule has 1 aromatic carbocycles. The Labute approximate surface area is 119 Å². The van der Waals surface area contributed by atoms with Gasteiger partial charge in [0.1, 0.15) is 0 Å². The topological polar surface area (TPSA) is 0 Å². The molecule has 0 unspecified atom stereocenters. The van der Waals surface area contributed by atoms with Gasteiger partial charge in [-0.05, 0) is 16.7 Å². The minimum atomic E-state index is -1.78. The molecule has 0 heterocycles. The van der Waals surface area contributed by atoms with Crippen LogP contribution in [0.15, 0.2) is 29.8 Å². The Balaban J connectivity index is 2.36. The van der Waals surface area contributed by atoms with Crippen molar-refractivity contribution in [3.05, 3.63) is 47.4 Å². The van der Waals surface area contributed by atoms with Gasteiger partial charge in [-0.15, -0.1) is 0 Å². The number of halogens is 5. The standard InChI is InChI=1S/C11H6Cl5/c12-10(13,11(14,15)16)9-5-7-3-1-2-4-8(7)6-9/h1-6H. The van der Waals surface area contributed by atoms with Crippen molar-refractivity contribution in [1.29, 1.82) is 0 Å². The van der Waals surface area contributed by atoms with Crippen molar-refractivity contribution in [2.45, 2.75) is 8.13 Å². The Bertz CT molecular complexity index is 442. The summed E-state index contributed by atoms with van der Waals surface area (Å²) in [5, 5.41) is 0. The lowest BCUT2D eigenvalue weighted by Crippen LogP contribution is -2.32. The SMILES string of the molecule is ClC(Cl)(Cl)C(Cl)(Cl)C1=Cc2ccccc2[CH]1. The van der Waals surface area contributed by atoms with Crippen LogP contribution in [0, 0.1) is 6.42 Å². The molecule has 1 aromatic rings. The van der Waals surface area contributed by atoms with E-state index in [4.69, 9.17) is 58.0 Å². The third-order valence-electron chi connectivity index (χ3n) is 2.34. The molecule has 1 radical (unpaired) electrons. The van der Waals surface area contributed by atoms with E-state index < -0.39 is 8.13 Å². The van der Waals surface area contributed by atoms with E-state index in [-0.39, 0.29) is 0 Å². The van der Waals surface area contributed by atoms with Crippen LogP contribution in [-0.4, -0.2) is 8.13 Å². The highest BCUT2D eigenvalue weighted by atomic mass is 35.6. The molecule has 16 heavy (non-hydrogen) atoms. The van der Waals surface area contributed by atoms with Gasteiger partial charge in [0.25, 0.3) is 0 Å². The van der Waals surface area contributed by atoms with E-state index >= 15 is 0 Å². The quantitative estimate of drug-likeness (QED) is 0.626. The van der Waals surface area contributed by atoms with Gasteiger partial charge in [-0.25, -0.2) is 0 Å². The Morgan fingerprint density at radius 1 is 0.812 bits per heavy atom. The van der Waals surface area contributed by atoms with E-state index in [0.29, 0.717) is 5.57 Å². The second kappa shape index (κ2) is 4.26. The second-order valence-electron chi connectivity index (χ2n) is 3.45. The van der Waals surface area contributed by atoms with Gasteiger partial charge in [-0.3, -0.25) is 0 Å².